The Balaban J connectivity index is 1.42. The van der Waals surface area contributed by atoms with Crippen LogP contribution in [0.25, 0.3) is 10.8 Å². The van der Waals surface area contributed by atoms with Gasteiger partial charge in [0.15, 0.2) is 0 Å². The minimum absolute atomic E-state index is 0.238. The maximum atomic E-state index is 12.6. The molecule has 0 aliphatic heterocycles. The number of aromatic nitrogens is 1. The van der Waals surface area contributed by atoms with Crippen molar-refractivity contribution in [3.05, 3.63) is 101 Å². The Kier molecular flexibility index (Phi) is 6.83. The number of halogens is 1. The Morgan fingerprint density at radius 1 is 0.909 bits per heavy atom. The number of carbonyl (C=O) groups is 2. The van der Waals surface area contributed by atoms with Crippen molar-refractivity contribution in [3.8, 4) is 0 Å². The molecule has 0 fully saturated rings. The summed E-state index contributed by atoms with van der Waals surface area (Å²) >= 11 is 5.82. The third kappa shape index (κ3) is 5.65. The number of rotatable bonds is 6. The molecule has 0 radical (unpaired) electrons. The molecule has 4 aromatic rings. The van der Waals surface area contributed by atoms with E-state index in [0.717, 1.165) is 16.3 Å². The van der Waals surface area contributed by atoms with Crippen molar-refractivity contribution in [2.45, 2.75) is 6.04 Å². The van der Waals surface area contributed by atoms with Crippen LogP contribution in [0.2, 0.25) is 5.02 Å². The number of hydrogen-bond acceptors (Lipinski definition) is 4. The molecule has 33 heavy (non-hydrogen) atoms. The predicted octanol–water partition coefficient (Wildman–Crippen LogP) is 4.96. The van der Waals surface area contributed by atoms with E-state index in [1.807, 2.05) is 42.5 Å². The van der Waals surface area contributed by atoms with Crippen LogP contribution in [0.15, 0.2) is 85.1 Å². The van der Waals surface area contributed by atoms with E-state index >= 15 is 0 Å². The monoisotopic (exact) mass is 459 g/mol. The summed E-state index contributed by atoms with van der Waals surface area (Å²) in [5.74, 6) is 0.0200. The van der Waals surface area contributed by atoms with Crippen LogP contribution in [0.1, 0.15) is 22.0 Å². The van der Waals surface area contributed by atoms with E-state index in [2.05, 4.69) is 20.9 Å². The van der Waals surface area contributed by atoms with E-state index in [1.54, 1.807) is 36.4 Å². The minimum Gasteiger partial charge on any atom is -0.330 e. The molecule has 0 saturated heterocycles. The summed E-state index contributed by atoms with van der Waals surface area (Å²) in [6.45, 7) is 0.238. The van der Waals surface area contributed by atoms with Crippen LogP contribution < -0.4 is 21.7 Å². The molecule has 4 rings (SSSR count). The molecule has 3 amide bonds. The Labute approximate surface area is 196 Å². The molecule has 7 nitrogen and oxygen atoms in total. The lowest BCUT2D eigenvalue weighted by Gasteiger charge is -2.18. The molecule has 1 unspecified atom stereocenters. The fraction of sp³-hybridized carbons (Fsp3) is 0.0800. The minimum atomic E-state index is -0.421. The zero-order valence-electron chi connectivity index (χ0n) is 17.6. The standard InChI is InChI=1S/C25H22ClN5O2/c26-20-10-11-23(28-15-20)31-24(32)19-6-3-7-21(13-19)29-25(33)30-22(14-27)18-9-8-16-4-1-2-5-17(16)12-18/h1-13,15,22H,14,27H2,(H,28,31,32)(H2,29,30,33). The van der Waals surface area contributed by atoms with Gasteiger partial charge >= 0.3 is 6.03 Å². The summed E-state index contributed by atoms with van der Waals surface area (Å²) in [7, 11) is 0. The summed E-state index contributed by atoms with van der Waals surface area (Å²) in [4.78, 5) is 29.2. The lowest BCUT2D eigenvalue weighted by Crippen LogP contribution is -2.36. The van der Waals surface area contributed by atoms with Crippen LogP contribution in [-0.2, 0) is 0 Å². The van der Waals surface area contributed by atoms with Crippen LogP contribution in [0.5, 0.6) is 0 Å². The number of pyridine rings is 1. The smallest absolute Gasteiger partial charge is 0.319 e. The van der Waals surface area contributed by atoms with Crippen LogP contribution in [-0.4, -0.2) is 23.5 Å². The van der Waals surface area contributed by atoms with Gasteiger partial charge in [0.1, 0.15) is 5.82 Å². The van der Waals surface area contributed by atoms with Gasteiger partial charge in [-0.1, -0.05) is 54.1 Å². The Bertz CT molecular complexity index is 1290. The fourth-order valence-corrected chi connectivity index (χ4v) is 3.52. The molecule has 166 valence electrons. The van der Waals surface area contributed by atoms with Gasteiger partial charge in [-0.3, -0.25) is 4.79 Å². The highest BCUT2D eigenvalue weighted by Crippen LogP contribution is 2.20. The van der Waals surface area contributed by atoms with Crippen molar-refractivity contribution in [2.75, 3.05) is 17.2 Å². The van der Waals surface area contributed by atoms with Gasteiger partial charge in [0.05, 0.1) is 11.1 Å². The van der Waals surface area contributed by atoms with E-state index in [1.165, 1.54) is 6.20 Å². The second-order valence-corrected chi connectivity index (χ2v) is 7.83. The maximum absolute atomic E-state index is 12.6. The molecular weight excluding hydrogens is 438 g/mol. The Morgan fingerprint density at radius 2 is 1.73 bits per heavy atom. The summed E-state index contributed by atoms with van der Waals surface area (Å²) < 4.78 is 0. The lowest BCUT2D eigenvalue weighted by molar-refractivity contribution is 0.102. The Hall–Kier alpha value is -3.94. The topological polar surface area (TPSA) is 109 Å². The molecule has 0 aliphatic carbocycles. The SMILES string of the molecule is NCC(NC(=O)Nc1cccc(C(=O)Nc2ccc(Cl)cn2)c1)c1ccc2ccccc2c1. The molecule has 0 aliphatic rings. The molecule has 1 atom stereocenters. The normalized spacial score (nSPS) is 11.6. The first-order valence-electron chi connectivity index (χ1n) is 10.3. The average molecular weight is 460 g/mol. The average Bonchev–Trinajstić information content (AvgIpc) is 2.84. The van der Waals surface area contributed by atoms with E-state index in [4.69, 9.17) is 17.3 Å². The van der Waals surface area contributed by atoms with Gasteiger partial charge in [0.25, 0.3) is 5.91 Å². The van der Waals surface area contributed by atoms with Gasteiger partial charge in [-0.25, -0.2) is 9.78 Å². The second kappa shape index (κ2) is 10.1. The van der Waals surface area contributed by atoms with Crippen molar-refractivity contribution in [1.82, 2.24) is 10.3 Å². The first kappa shape index (κ1) is 22.3. The lowest BCUT2D eigenvalue weighted by atomic mass is 10.0. The largest absolute Gasteiger partial charge is 0.330 e. The second-order valence-electron chi connectivity index (χ2n) is 7.39. The number of nitrogens with zero attached hydrogens (tertiary/aromatic N) is 1. The summed E-state index contributed by atoms with van der Waals surface area (Å²) in [5.41, 5.74) is 7.68. The molecule has 0 saturated carbocycles. The quantitative estimate of drug-likeness (QED) is 0.326. The van der Waals surface area contributed by atoms with Crippen molar-refractivity contribution in [2.24, 2.45) is 5.73 Å². The Morgan fingerprint density at radius 3 is 2.48 bits per heavy atom. The zero-order valence-corrected chi connectivity index (χ0v) is 18.3. The zero-order chi connectivity index (χ0) is 23.2. The van der Waals surface area contributed by atoms with Crippen molar-refractivity contribution in [1.29, 1.82) is 0 Å². The predicted molar refractivity (Wildman–Crippen MR) is 132 cm³/mol. The van der Waals surface area contributed by atoms with E-state index in [0.29, 0.717) is 22.1 Å². The molecule has 0 bridgehead atoms. The van der Waals surface area contributed by atoms with Gasteiger partial charge in [0.2, 0.25) is 0 Å². The number of benzene rings is 3. The molecular formula is C25H22ClN5O2. The van der Waals surface area contributed by atoms with Crippen molar-refractivity contribution in [3.63, 3.8) is 0 Å². The number of anilines is 2. The highest BCUT2D eigenvalue weighted by Gasteiger charge is 2.14. The number of nitrogens with two attached hydrogens (primary N) is 1. The first-order valence-corrected chi connectivity index (χ1v) is 10.7. The van der Waals surface area contributed by atoms with E-state index < -0.39 is 6.03 Å². The summed E-state index contributed by atoms with van der Waals surface area (Å²) in [6, 6.07) is 23.0. The number of nitrogens with one attached hydrogen (secondary N) is 3. The number of hydrogen-bond donors (Lipinski definition) is 4. The number of fused-ring (bicyclic) bond motifs is 1. The van der Waals surface area contributed by atoms with Gasteiger partial charge < -0.3 is 21.7 Å². The van der Waals surface area contributed by atoms with Crippen LogP contribution >= 0.6 is 11.6 Å². The van der Waals surface area contributed by atoms with Gasteiger partial charge in [0, 0.05) is 24.0 Å². The van der Waals surface area contributed by atoms with Crippen molar-refractivity contribution < 1.29 is 9.59 Å². The molecule has 8 heteroatoms. The third-order valence-corrected chi connectivity index (χ3v) is 5.29. The molecule has 5 N–H and O–H groups in total. The van der Waals surface area contributed by atoms with Crippen LogP contribution in [0.3, 0.4) is 0 Å². The highest BCUT2D eigenvalue weighted by atomic mass is 35.5. The highest BCUT2D eigenvalue weighted by molar-refractivity contribution is 6.30. The molecule has 1 aromatic heterocycles. The number of urea groups is 1. The fourth-order valence-electron chi connectivity index (χ4n) is 3.40. The number of amides is 3. The first-order chi connectivity index (χ1) is 16.0. The molecule has 1 heterocycles. The molecule has 0 spiro atoms. The summed E-state index contributed by atoms with van der Waals surface area (Å²) in [6.07, 6.45) is 1.45. The van der Waals surface area contributed by atoms with Crippen LogP contribution in [0, 0.1) is 0 Å². The van der Waals surface area contributed by atoms with Crippen LogP contribution in [0.4, 0.5) is 16.3 Å². The van der Waals surface area contributed by atoms with E-state index in [-0.39, 0.29) is 18.5 Å². The summed E-state index contributed by atoms with van der Waals surface area (Å²) in [5, 5.41) is 11.0. The number of carbonyl (C=O) groups excluding carboxylic acids is 2. The molecule has 3 aromatic carbocycles. The maximum Gasteiger partial charge on any atom is 0.319 e. The van der Waals surface area contributed by atoms with Gasteiger partial charge in [-0.15, -0.1) is 0 Å². The van der Waals surface area contributed by atoms with Gasteiger partial charge in [-0.2, -0.15) is 0 Å². The van der Waals surface area contributed by atoms with Gasteiger partial charge in [-0.05, 0) is 52.7 Å². The third-order valence-electron chi connectivity index (χ3n) is 5.07. The van der Waals surface area contributed by atoms with E-state index in [9.17, 15) is 9.59 Å². The van der Waals surface area contributed by atoms with Crippen molar-refractivity contribution >= 4 is 45.8 Å².